The van der Waals surface area contributed by atoms with E-state index in [0.29, 0.717) is 28.4 Å². The Labute approximate surface area is 294 Å². The lowest BCUT2D eigenvalue weighted by Crippen LogP contribution is -2.54. The van der Waals surface area contributed by atoms with Crippen molar-refractivity contribution in [2.75, 3.05) is 25.1 Å². The van der Waals surface area contributed by atoms with Crippen LogP contribution in [0.1, 0.15) is 42.5 Å². The molecule has 0 aromatic heterocycles. The molecule has 4 rings (SSSR count). The summed E-state index contributed by atoms with van der Waals surface area (Å²) in [5, 5.41) is 3.46. The average molecular weight is 706 g/mol. The van der Waals surface area contributed by atoms with Crippen LogP contribution in [0.5, 0.6) is 11.5 Å². The molecule has 9 nitrogen and oxygen atoms in total. The zero-order valence-electron chi connectivity index (χ0n) is 28.8. The fourth-order valence-corrected chi connectivity index (χ4v) is 7.14. The maximum absolute atomic E-state index is 14.8. The molecule has 0 saturated carbocycles. The fraction of sp³-hybridized carbons (Fsp3) is 0.316. The van der Waals surface area contributed by atoms with E-state index in [1.165, 1.54) is 37.3 Å². The van der Waals surface area contributed by atoms with Gasteiger partial charge in [-0.25, -0.2) is 8.42 Å². The summed E-state index contributed by atoms with van der Waals surface area (Å²) in [7, 11) is -1.48. The first kappa shape index (κ1) is 37.3. The number of carbonyl (C=O) groups excluding carboxylic acids is 2. The molecule has 1 N–H and O–H groups in total. The first-order valence-electron chi connectivity index (χ1n) is 16.1. The molecule has 0 aliphatic heterocycles. The molecular weight excluding hydrogens is 662 g/mol. The number of sulfonamides is 1. The number of amides is 2. The lowest BCUT2D eigenvalue weighted by atomic mass is 10.0. The molecular formula is C38H44ClN3O6S. The zero-order valence-corrected chi connectivity index (χ0v) is 30.3. The Morgan fingerprint density at radius 2 is 1.49 bits per heavy atom. The van der Waals surface area contributed by atoms with E-state index in [9.17, 15) is 18.0 Å². The smallest absolute Gasteiger partial charge is 0.264 e. The fourth-order valence-electron chi connectivity index (χ4n) is 5.53. The Morgan fingerprint density at radius 3 is 2.10 bits per heavy atom. The molecule has 2 unspecified atom stereocenters. The molecule has 260 valence electrons. The summed E-state index contributed by atoms with van der Waals surface area (Å²) in [6.07, 6.45) is 0.887. The highest BCUT2D eigenvalue weighted by atomic mass is 35.5. The van der Waals surface area contributed by atoms with E-state index in [4.69, 9.17) is 21.1 Å². The van der Waals surface area contributed by atoms with E-state index in [0.717, 1.165) is 21.0 Å². The number of nitrogens with zero attached hydrogens (tertiary/aromatic N) is 2. The Kier molecular flexibility index (Phi) is 12.7. The number of aryl methyl sites for hydroxylation is 2. The predicted molar refractivity (Wildman–Crippen MR) is 194 cm³/mol. The molecule has 0 aliphatic rings. The number of carbonyl (C=O) groups is 2. The van der Waals surface area contributed by atoms with Crippen LogP contribution < -0.4 is 19.1 Å². The van der Waals surface area contributed by atoms with Crippen molar-refractivity contribution in [3.05, 3.63) is 118 Å². The summed E-state index contributed by atoms with van der Waals surface area (Å²) in [5.74, 6) is -0.347. The van der Waals surface area contributed by atoms with Crippen LogP contribution >= 0.6 is 11.6 Å². The SMILES string of the molecule is CCC(C)NC(=O)C(Cc1ccccc1)N(Cc1ccccc1Cl)C(=O)CN(c1cc(C)cc(C)c1)S(=O)(=O)c1ccc(OC)c(OC)c1. The van der Waals surface area contributed by atoms with E-state index in [-0.39, 0.29) is 35.6 Å². The largest absolute Gasteiger partial charge is 0.493 e. The lowest BCUT2D eigenvalue weighted by Gasteiger charge is -2.34. The molecule has 2 atom stereocenters. The van der Waals surface area contributed by atoms with Crippen molar-refractivity contribution in [3.63, 3.8) is 0 Å². The van der Waals surface area contributed by atoms with Crippen LogP contribution in [0.15, 0.2) is 95.9 Å². The third-order valence-electron chi connectivity index (χ3n) is 8.29. The maximum atomic E-state index is 14.8. The Bertz CT molecular complexity index is 1850. The average Bonchev–Trinajstić information content (AvgIpc) is 3.08. The van der Waals surface area contributed by atoms with Gasteiger partial charge >= 0.3 is 0 Å². The van der Waals surface area contributed by atoms with Gasteiger partial charge in [-0.3, -0.25) is 13.9 Å². The van der Waals surface area contributed by atoms with Crippen molar-refractivity contribution in [2.24, 2.45) is 0 Å². The molecule has 4 aromatic rings. The summed E-state index contributed by atoms with van der Waals surface area (Å²) in [4.78, 5) is 30.1. The van der Waals surface area contributed by atoms with Gasteiger partial charge < -0.3 is 19.7 Å². The predicted octanol–water partition coefficient (Wildman–Crippen LogP) is 6.72. The van der Waals surface area contributed by atoms with Crippen LogP contribution in [0.25, 0.3) is 0 Å². The molecule has 0 aliphatic carbocycles. The first-order chi connectivity index (χ1) is 23.4. The number of hydrogen-bond acceptors (Lipinski definition) is 6. The summed E-state index contributed by atoms with van der Waals surface area (Å²) in [5.41, 5.74) is 3.40. The molecule has 2 amide bonds. The first-order valence-corrected chi connectivity index (χ1v) is 17.9. The molecule has 0 spiro atoms. The number of nitrogens with one attached hydrogen (secondary N) is 1. The molecule has 0 radical (unpaired) electrons. The van der Waals surface area contributed by atoms with Gasteiger partial charge in [0, 0.05) is 30.1 Å². The number of benzene rings is 4. The van der Waals surface area contributed by atoms with E-state index in [1.807, 2.05) is 64.1 Å². The van der Waals surface area contributed by atoms with Gasteiger partial charge in [0.25, 0.3) is 10.0 Å². The Morgan fingerprint density at radius 1 is 0.857 bits per heavy atom. The van der Waals surface area contributed by atoms with Crippen molar-refractivity contribution >= 4 is 39.1 Å². The van der Waals surface area contributed by atoms with E-state index < -0.39 is 28.5 Å². The number of rotatable bonds is 15. The summed E-state index contributed by atoms with van der Waals surface area (Å²) >= 11 is 6.60. The van der Waals surface area contributed by atoms with Gasteiger partial charge in [-0.1, -0.05) is 73.1 Å². The second-order valence-corrected chi connectivity index (χ2v) is 14.3. The molecule has 4 aromatic carbocycles. The molecule has 0 fully saturated rings. The van der Waals surface area contributed by atoms with Gasteiger partial charge in [-0.05, 0) is 79.8 Å². The molecule has 0 heterocycles. The number of methoxy groups -OCH3 is 2. The third-order valence-corrected chi connectivity index (χ3v) is 10.4. The van der Waals surface area contributed by atoms with Gasteiger partial charge in [-0.2, -0.15) is 0 Å². The second kappa shape index (κ2) is 16.7. The topological polar surface area (TPSA) is 105 Å². The highest BCUT2D eigenvalue weighted by Crippen LogP contribution is 2.33. The van der Waals surface area contributed by atoms with Crippen LogP contribution in [0.3, 0.4) is 0 Å². The maximum Gasteiger partial charge on any atom is 0.264 e. The number of ether oxygens (including phenoxy) is 2. The lowest BCUT2D eigenvalue weighted by molar-refractivity contribution is -0.140. The van der Waals surface area contributed by atoms with Crippen molar-refractivity contribution in [1.82, 2.24) is 10.2 Å². The highest BCUT2D eigenvalue weighted by molar-refractivity contribution is 7.92. The quantitative estimate of drug-likeness (QED) is 0.147. The van der Waals surface area contributed by atoms with Gasteiger partial charge in [0.15, 0.2) is 11.5 Å². The molecule has 0 bridgehead atoms. The molecule has 11 heteroatoms. The summed E-state index contributed by atoms with van der Waals surface area (Å²) < 4.78 is 40.9. The molecule has 49 heavy (non-hydrogen) atoms. The van der Waals surface area contributed by atoms with Crippen molar-refractivity contribution in [1.29, 1.82) is 0 Å². The van der Waals surface area contributed by atoms with Crippen LogP contribution in [0, 0.1) is 13.8 Å². The molecule has 0 saturated heterocycles. The van der Waals surface area contributed by atoms with E-state index >= 15 is 0 Å². The monoisotopic (exact) mass is 705 g/mol. The van der Waals surface area contributed by atoms with Gasteiger partial charge in [-0.15, -0.1) is 0 Å². The summed E-state index contributed by atoms with van der Waals surface area (Å²) in [6.45, 7) is 6.96. The minimum Gasteiger partial charge on any atom is -0.493 e. The number of anilines is 1. The van der Waals surface area contributed by atoms with Crippen LogP contribution in [-0.4, -0.2) is 58.0 Å². The second-order valence-electron chi connectivity index (χ2n) is 12.0. The standard InChI is InChI=1S/C38H44ClN3O6S/c1-7-28(4)40-38(44)34(22-29-13-9-8-10-14-29)41(24-30-15-11-12-16-33(30)39)37(43)25-42(31-20-26(2)19-27(3)21-31)49(45,46)32-17-18-35(47-5)36(23-32)48-6/h8-21,23,28,34H,7,22,24-25H2,1-6H3,(H,40,44). The minimum absolute atomic E-state index is 0.0268. The summed E-state index contributed by atoms with van der Waals surface area (Å²) in [6, 6.07) is 25.0. The zero-order chi connectivity index (χ0) is 35.7. The van der Waals surface area contributed by atoms with Gasteiger partial charge in [0.2, 0.25) is 11.8 Å². The normalized spacial score (nSPS) is 12.5. The number of halogens is 1. The van der Waals surface area contributed by atoms with E-state index in [1.54, 1.807) is 36.4 Å². The Balaban J connectivity index is 1.87. The minimum atomic E-state index is -4.36. The van der Waals surface area contributed by atoms with Crippen LogP contribution in [0.2, 0.25) is 5.02 Å². The van der Waals surface area contributed by atoms with Crippen molar-refractivity contribution < 1.29 is 27.5 Å². The van der Waals surface area contributed by atoms with Crippen molar-refractivity contribution in [2.45, 2.75) is 64.1 Å². The van der Waals surface area contributed by atoms with Gasteiger partial charge in [0.05, 0.1) is 24.8 Å². The third kappa shape index (κ3) is 9.33. The number of hydrogen-bond donors (Lipinski definition) is 1. The van der Waals surface area contributed by atoms with Gasteiger partial charge in [0.1, 0.15) is 12.6 Å². The van der Waals surface area contributed by atoms with Crippen LogP contribution in [0.4, 0.5) is 5.69 Å². The van der Waals surface area contributed by atoms with Crippen molar-refractivity contribution in [3.8, 4) is 11.5 Å². The van der Waals surface area contributed by atoms with E-state index in [2.05, 4.69) is 5.32 Å². The highest BCUT2D eigenvalue weighted by Gasteiger charge is 2.35. The van der Waals surface area contributed by atoms with Crippen LogP contribution in [-0.2, 0) is 32.6 Å². The Hall–Kier alpha value is -4.54.